The Morgan fingerprint density at radius 2 is 2.30 bits per heavy atom. The Morgan fingerprint density at radius 3 is 2.90 bits per heavy atom. The second-order valence-electron chi connectivity index (χ2n) is 1.78. The summed E-state index contributed by atoms with van der Waals surface area (Å²) in [7, 11) is 3.22. The third kappa shape index (κ3) is 1.26. The van der Waals surface area contributed by atoms with Gasteiger partial charge in [-0.25, -0.2) is 0 Å². The van der Waals surface area contributed by atoms with E-state index in [9.17, 15) is 0 Å². The average Bonchev–Trinajstić information content (AvgIpc) is 2.05. The smallest absolute Gasteiger partial charge is 0.122 e. The van der Waals surface area contributed by atoms with Gasteiger partial charge in [0.15, 0.2) is 0 Å². The van der Waals surface area contributed by atoms with Crippen LogP contribution in [0.4, 0.5) is 0 Å². The first-order chi connectivity index (χ1) is 4.86. The Bertz CT molecular complexity index is 262. The molecular weight excluding hydrogens is 126 g/mol. The largest absolute Gasteiger partial charge is 0.490 e. The molecule has 0 atom stereocenters. The van der Waals surface area contributed by atoms with Gasteiger partial charge in [-0.05, 0) is 18.2 Å². The standard InChI is InChI=1S/C8H6NO/c1-10-8-4-2-3-7(5-8)6-9/h2-5H,1H2. The van der Waals surface area contributed by atoms with Gasteiger partial charge in [-0.15, -0.1) is 0 Å². The molecular formula is C8H6NO. The van der Waals surface area contributed by atoms with Gasteiger partial charge in [0.05, 0.1) is 11.6 Å². The maximum absolute atomic E-state index is 8.43. The summed E-state index contributed by atoms with van der Waals surface area (Å²) < 4.78 is 4.66. The summed E-state index contributed by atoms with van der Waals surface area (Å²) in [5.74, 6) is 0.610. The molecule has 10 heavy (non-hydrogen) atoms. The first-order valence-electron chi connectivity index (χ1n) is 2.79. The third-order valence-electron chi connectivity index (χ3n) is 1.13. The summed E-state index contributed by atoms with van der Waals surface area (Å²) in [4.78, 5) is 0. The van der Waals surface area contributed by atoms with E-state index >= 15 is 0 Å². The summed E-state index contributed by atoms with van der Waals surface area (Å²) in [5, 5.41) is 8.43. The van der Waals surface area contributed by atoms with Crippen molar-refractivity contribution in [3.05, 3.63) is 36.9 Å². The van der Waals surface area contributed by atoms with Crippen molar-refractivity contribution in [2.24, 2.45) is 0 Å². The van der Waals surface area contributed by atoms with Crippen molar-refractivity contribution in [2.45, 2.75) is 0 Å². The predicted molar refractivity (Wildman–Crippen MR) is 37.1 cm³/mol. The number of benzene rings is 1. The van der Waals surface area contributed by atoms with E-state index in [0.717, 1.165) is 0 Å². The van der Waals surface area contributed by atoms with Gasteiger partial charge in [-0.3, -0.25) is 0 Å². The van der Waals surface area contributed by atoms with Crippen LogP contribution >= 0.6 is 0 Å². The zero-order valence-electron chi connectivity index (χ0n) is 5.37. The number of ether oxygens (including phenoxy) is 1. The summed E-state index contributed by atoms with van der Waals surface area (Å²) in [6.07, 6.45) is 0. The summed E-state index contributed by atoms with van der Waals surface area (Å²) >= 11 is 0. The monoisotopic (exact) mass is 132 g/mol. The van der Waals surface area contributed by atoms with Gasteiger partial charge in [-0.2, -0.15) is 5.26 Å². The zero-order chi connectivity index (χ0) is 7.40. The van der Waals surface area contributed by atoms with Crippen LogP contribution in [0.25, 0.3) is 0 Å². The SMILES string of the molecule is [CH2]Oc1cccc(C#N)c1. The minimum absolute atomic E-state index is 0.584. The molecule has 0 N–H and O–H groups in total. The van der Waals surface area contributed by atoms with Crippen LogP contribution in [0, 0.1) is 18.4 Å². The van der Waals surface area contributed by atoms with E-state index in [0.29, 0.717) is 11.3 Å². The van der Waals surface area contributed by atoms with E-state index in [4.69, 9.17) is 5.26 Å². The van der Waals surface area contributed by atoms with E-state index in [2.05, 4.69) is 11.8 Å². The second kappa shape index (κ2) is 2.88. The Kier molecular flexibility index (Phi) is 1.91. The lowest BCUT2D eigenvalue weighted by Gasteiger charge is -1.96. The number of rotatable bonds is 1. The van der Waals surface area contributed by atoms with Crippen molar-refractivity contribution < 1.29 is 4.74 Å². The molecule has 0 saturated carbocycles. The van der Waals surface area contributed by atoms with Crippen molar-refractivity contribution in [2.75, 3.05) is 0 Å². The molecule has 0 bridgehead atoms. The maximum Gasteiger partial charge on any atom is 0.122 e. The van der Waals surface area contributed by atoms with Gasteiger partial charge < -0.3 is 4.74 Å². The molecule has 0 saturated heterocycles. The van der Waals surface area contributed by atoms with Crippen molar-refractivity contribution in [1.82, 2.24) is 0 Å². The van der Waals surface area contributed by atoms with Crippen LogP contribution in [-0.2, 0) is 0 Å². The molecule has 1 radical (unpaired) electrons. The molecule has 0 aliphatic heterocycles. The molecule has 1 aromatic carbocycles. The van der Waals surface area contributed by atoms with E-state index < -0.39 is 0 Å². The fraction of sp³-hybridized carbons (Fsp3) is 0. The van der Waals surface area contributed by atoms with Crippen molar-refractivity contribution in [1.29, 1.82) is 5.26 Å². The summed E-state index contributed by atoms with van der Waals surface area (Å²) in [5.41, 5.74) is 0.584. The molecule has 0 unspecified atom stereocenters. The molecule has 0 heterocycles. The van der Waals surface area contributed by atoms with E-state index in [-0.39, 0.29) is 0 Å². The molecule has 0 aromatic heterocycles. The number of hydrogen-bond donors (Lipinski definition) is 0. The maximum atomic E-state index is 8.43. The molecule has 0 fully saturated rings. The van der Waals surface area contributed by atoms with E-state index in [1.54, 1.807) is 24.3 Å². The minimum atomic E-state index is 0.584. The quantitative estimate of drug-likeness (QED) is 0.583. The predicted octanol–water partition coefficient (Wildman–Crippen LogP) is 1.73. The highest BCUT2D eigenvalue weighted by Gasteiger charge is 1.91. The van der Waals surface area contributed by atoms with Crippen LogP contribution in [-0.4, -0.2) is 0 Å². The molecule has 0 aliphatic rings. The zero-order valence-corrected chi connectivity index (χ0v) is 5.37. The average molecular weight is 132 g/mol. The Morgan fingerprint density at radius 1 is 1.50 bits per heavy atom. The number of nitriles is 1. The fourth-order valence-electron chi connectivity index (χ4n) is 0.655. The van der Waals surface area contributed by atoms with Gasteiger partial charge >= 0.3 is 0 Å². The van der Waals surface area contributed by atoms with Crippen LogP contribution in [0.2, 0.25) is 0 Å². The van der Waals surface area contributed by atoms with Crippen LogP contribution in [0.3, 0.4) is 0 Å². The number of hydrogen-bond acceptors (Lipinski definition) is 2. The molecule has 2 heteroatoms. The highest BCUT2D eigenvalue weighted by Crippen LogP contribution is 2.11. The van der Waals surface area contributed by atoms with E-state index in [1.165, 1.54) is 0 Å². The van der Waals surface area contributed by atoms with Gasteiger partial charge in [0.25, 0.3) is 0 Å². The fourth-order valence-corrected chi connectivity index (χ4v) is 0.655. The lowest BCUT2D eigenvalue weighted by molar-refractivity contribution is 0.473. The summed E-state index contributed by atoms with van der Waals surface area (Å²) in [6.45, 7) is 0. The van der Waals surface area contributed by atoms with E-state index in [1.807, 2.05) is 6.07 Å². The highest BCUT2D eigenvalue weighted by molar-refractivity contribution is 5.36. The van der Waals surface area contributed by atoms with Crippen LogP contribution in [0.1, 0.15) is 5.56 Å². The highest BCUT2D eigenvalue weighted by atomic mass is 16.5. The topological polar surface area (TPSA) is 33.0 Å². The van der Waals surface area contributed by atoms with Crippen molar-refractivity contribution in [3.63, 3.8) is 0 Å². The van der Waals surface area contributed by atoms with Crippen LogP contribution < -0.4 is 4.74 Å². The molecule has 0 spiro atoms. The summed E-state index contributed by atoms with van der Waals surface area (Å²) in [6, 6.07) is 8.83. The first-order valence-corrected chi connectivity index (χ1v) is 2.79. The molecule has 0 amide bonds. The minimum Gasteiger partial charge on any atom is -0.490 e. The van der Waals surface area contributed by atoms with Crippen LogP contribution in [0.15, 0.2) is 24.3 Å². The lowest BCUT2D eigenvalue weighted by Crippen LogP contribution is -1.79. The van der Waals surface area contributed by atoms with Crippen molar-refractivity contribution >= 4 is 0 Å². The second-order valence-corrected chi connectivity index (χ2v) is 1.78. The molecule has 0 aliphatic carbocycles. The van der Waals surface area contributed by atoms with Gasteiger partial charge in [0, 0.05) is 0 Å². The molecule has 49 valence electrons. The molecule has 1 aromatic rings. The van der Waals surface area contributed by atoms with Gasteiger partial charge in [-0.1, -0.05) is 6.07 Å². The molecule has 1 rings (SSSR count). The Labute approximate surface area is 59.7 Å². The third-order valence-corrected chi connectivity index (χ3v) is 1.13. The Hall–Kier alpha value is -1.49. The number of nitrogens with zero attached hydrogens (tertiary/aromatic N) is 1. The lowest BCUT2D eigenvalue weighted by atomic mass is 10.2. The normalized spacial score (nSPS) is 8.40. The van der Waals surface area contributed by atoms with Crippen LogP contribution in [0.5, 0.6) is 5.75 Å². The van der Waals surface area contributed by atoms with Gasteiger partial charge in [0.2, 0.25) is 0 Å². The molecule has 2 nitrogen and oxygen atoms in total. The van der Waals surface area contributed by atoms with Crippen molar-refractivity contribution in [3.8, 4) is 11.8 Å². The first kappa shape index (κ1) is 6.63. The van der Waals surface area contributed by atoms with Gasteiger partial charge in [0.1, 0.15) is 12.9 Å². The Balaban J connectivity index is 3.01.